The molecule has 1 heterocycles. The zero-order chi connectivity index (χ0) is 11.8. The lowest BCUT2D eigenvalue weighted by Gasteiger charge is -2.06. The van der Waals surface area contributed by atoms with Crippen LogP contribution in [-0.2, 0) is 6.54 Å². The Labute approximate surface area is 100 Å². The normalized spacial score (nSPS) is 10.1. The highest BCUT2D eigenvalue weighted by atomic mass is 35.5. The maximum Gasteiger partial charge on any atom is 0.314 e. The van der Waals surface area contributed by atoms with E-state index in [1.807, 2.05) is 0 Å². The molecule has 5 nitrogen and oxygen atoms in total. The molecule has 0 radical (unpaired) electrons. The van der Waals surface area contributed by atoms with Gasteiger partial charge in [0.05, 0.1) is 17.8 Å². The van der Waals surface area contributed by atoms with Crippen molar-refractivity contribution < 1.29 is 4.79 Å². The monoisotopic (exact) mass is 244 g/mol. The number of carbonyl (C=O) groups excluding carboxylic acids is 1. The van der Waals surface area contributed by atoms with Crippen LogP contribution in [-0.4, -0.2) is 28.9 Å². The second-order valence-corrected chi connectivity index (χ2v) is 3.89. The third-order valence-corrected chi connectivity index (χ3v) is 2.24. The minimum absolute atomic E-state index is 0.133. The van der Waals surface area contributed by atoms with Crippen molar-refractivity contribution in [3.8, 4) is 0 Å². The van der Waals surface area contributed by atoms with E-state index in [2.05, 4.69) is 22.7 Å². The van der Waals surface area contributed by atoms with E-state index >= 15 is 0 Å². The van der Waals surface area contributed by atoms with Crippen molar-refractivity contribution in [1.29, 1.82) is 0 Å². The summed E-state index contributed by atoms with van der Waals surface area (Å²) in [5, 5.41) is 10.1. The maximum atomic E-state index is 11.2. The summed E-state index contributed by atoms with van der Waals surface area (Å²) in [6, 6.07) is -0.133. The fourth-order valence-electron chi connectivity index (χ4n) is 1.19. The van der Waals surface area contributed by atoms with E-state index in [0.717, 1.165) is 19.4 Å². The molecule has 2 amide bonds. The highest BCUT2D eigenvalue weighted by molar-refractivity contribution is 6.30. The van der Waals surface area contributed by atoms with Gasteiger partial charge in [0.1, 0.15) is 0 Å². The number of urea groups is 1. The molecule has 0 bridgehead atoms. The maximum absolute atomic E-state index is 11.2. The van der Waals surface area contributed by atoms with Crippen molar-refractivity contribution in [2.75, 3.05) is 13.1 Å². The molecule has 1 rings (SSSR count). The second kappa shape index (κ2) is 7.11. The lowest BCUT2D eigenvalue weighted by atomic mass is 10.3. The van der Waals surface area contributed by atoms with Gasteiger partial charge in [0.25, 0.3) is 0 Å². The van der Waals surface area contributed by atoms with Gasteiger partial charge in [-0.1, -0.05) is 24.9 Å². The molecule has 0 spiro atoms. The van der Waals surface area contributed by atoms with Crippen molar-refractivity contribution in [1.82, 2.24) is 20.4 Å². The summed E-state index contributed by atoms with van der Waals surface area (Å²) in [4.78, 5) is 11.2. The van der Waals surface area contributed by atoms with E-state index in [1.54, 1.807) is 17.1 Å². The van der Waals surface area contributed by atoms with E-state index in [0.29, 0.717) is 18.1 Å². The van der Waals surface area contributed by atoms with E-state index in [-0.39, 0.29) is 6.03 Å². The number of carbonyl (C=O) groups is 1. The quantitative estimate of drug-likeness (QED) is 0.748. The van der Waals surface area contributed by atoms with E-state index in [9.17, 15) is 4.79 Å². The summed E-state index contributed by atoms with van der Waals surface area (Å²) in [5.41, 5.74) is 0. The summed E-state index contributed by atoms with van der Waals surface area (Å²) in [6.07, 6.45) is 5.37. The fraction of sp³-hybridized carbons (Fsp3) is 0.600. The zero-order valence-electron chi connectivity index (χ0n) is 9.37. The van der Waals surface area contributed by atoms with Crippen LogP contribution in [0.3, 0.4) is 0 Å². The predicted octanol–water partition coefficient (Wildman–Crippen LogP) is 1.64. The highest BCUT2D eigenvalue weighted by Gasteiger charge is 1.99. The first-order valence-electron chi connectivity index (χ1n) is 5.42. The molecule has 0 aliphatic rings. The standard InChI is InChI=1S/C10H17ClN4O/c1-2-3-4-12-10(16)13-5-6-15-8-9(11)7-14-15/h7-8H,2-6H2,1H3,(H2,12,13,16). The number of rotatable bonds is 6. The van der Waals surface area contributed by atoms with Gasteiger partial charge in [-0.3, -0.25) is 4.68 Å². The number of amides is 2. The van der Waals surface area contributed by atoms with Crippen molar-refractivity contribution in [3.05, 3.63) is 17.4 Å². The number of nitrogens with zero attached hydrogens (tertiary/aromatic N) is 2. The van der Waals surface area contributed by atoms with Crippen LogP contribution in [0.25, 0.3) is 0 Å². The molecule has 0 atom stereocenters. The first kappa shape index (κ1) is 12.8. The Hall–Kier alpha value is -1.23. The largest absolute Gasteiger partial charge is 0.338 e. The van der Waals surface area contributed by atoms with Crippen LogP contribution in [0.2, 0.25) is 5.02 Å². The van der Waals surface area contributed by atoms with Crippen LogP contribution in [0.15, 0.2) is 12.4 Å². The summed E-state index contributed by atoms with van der Waals surface area (Å²) in [7, 11) is 0. The number of hydrogen-bond donors (Lipinski definition) is 2. The van der Waals surface area contributed by atoms with Crippen LogP contribution in [0, 0.1) is 0 Å². The summed E-state index contributed by atoms with van der Waals surface area (Å²) in [6.45, 7) is 3.96. The number of nitrogens with one attached hydrogen (secondary N) is 2. The van der Waals surface area contributed by atoms with Crippen LogP contribution in [0.5, 0.6) is 0 Å². The van der Waals surface area contributed by atoms with Crippen LogP contribution in [0.4, 0.5) is 4.79 Å². The zero-order valence-corrected chi connectivity index (χ0v) is 10.1. The second-order valence-electron chi connectivity index (χ2n) is 3.46. The summed E-state index contributed by atoms with van der Waals surface area (Å²) >= 11 is 5.70. The topological polar surface area (TPSA) is 59.0 Å². The fourth-order valence-corrected chi connectivity index (χ4v) is 1.34. The van der Waals surface area contributed by atoms with Crippen molar-refractivity contribution in [2.24, 2.45) is 0 Å². The van der Waals surface area contributed by atoms with Crippen molar-refractivity contribution >= 4 is 17.6 Å². The van der Waals surface area contributed by atoms with Crippen molar-refractivity contribution in [3.63, 3.8) is 0 Å². The summed E-state index contributed by atoms with van der Waals surface area (Å²) in [5.74, 6) is 0. The molecule has 0 aliphatic carbocycles. The average Bonchev–Trinajstić information content (AvgIpc) is 2.65. The van der Waals surface area contributed by atoms with Gasteiger partial charge in [0.2, 0.25) is 0 Å². The minimum atomic E-state index is -0.133. The summed E-state index contributed by atoms with van der Waals surface area (Å²) < 4.78 is 1.69. The van der Waals surface area contributed by atoms with Crippen molar-refractivity contribution in [2.45, 2.75) is 26.3 Å². The molecule has 0 aromatic carbocycles. The molecular formula is C10H17ClN4O. The van der Waals surface area contributed by atoms with Crippen LogP contribution in [0.1, 0.15) is 19.8 Å². The first-order valence-corrected chi connectivity index (χ1v) is 5.80. The molecule has 1 aromatic heterocycles. The molecule has 1 aromatic rings. The molecule has 6 heteroatoms. The Morgan fingerprint density at radius 3 is 2.88 bits per heavy atom. The Bertz CT molecular complexity index is 326. The smallest absolute Gasteiger partial charge is 0.314 e. The third-order valence-electron chi connectivity index (χ3n) is 2.04. The number of unbranched alkanes of at least 4 members (excludes halogenated alkanes) is 1. The predicted molar refractivity (Wildman–Crippen MR) is 63.5 cm³/mol. The number of aromatic nitrogens is 2. The molecule has 0 unspecified atom stereocenters. The lowest BCUT2D eigenvalue weighted by molar-refractivity contribution is 0.240. The van der Waals surface area contributed by atoms with Gasteiger partial charge in [-0.25, -0.2) is 4.79 Å². The molecule has 16 heavy (non-hydrogen) atoms. The Morgan fingerprint density at radius 1 is 1.50 bits per heavy atom. The average molecular weight is 245 g/mol. The molecule has 0 saturated carbocycles. The van der Waals surface area contributed by atoms with Gasteiger partial charge in [-0.2, -0.15) is 5.10 Å². The molecule has 2 N–H and O–H groups in total. The van der Waals surface area contributed by atoms with Gasteiger partial charge < -0.3 is 10.6 Å². The van der Waals surface area contributed by atoms with Gasteiger partial charge >= 0.3 is 6.03 Å². The SMILES string of the molecule is CCCCNC(=O)NCCn1cc(Cl)cn1. The van der Waals surface area contributed by atoms with Gasteiger partial charge in [0.15, 0.2) is 0 Å². The number of halogens is 1. The molecule has 0 fully saturated rings. The van der Waals surface area contributed by atoms with E-state index in [1.165, 1.54) is 0 Å². The molecular weight excluding hydrogens is 228 g/mol. The Morgan fingerprint density at radius 2 is 2.25 bits per heavy atom. The van der Waals surface area contributed by atoms with E-state index in [4.69, 9.17) is 11.6 Å². The number of hydrogen-bond acceptors (Lipinski definition) is 2. The third kappa shape index (κ3) is 5.02. The van der Waals surface area contributed by atoms with Gasteiger partial charge in [-0.15, -0.1) is 0 Å². The first-order chi connectivity index (χ1) is 7.72. The van der Waals surface area contributed by atoms with Gasteiger partial charge in [0, 0.05) is 19.3 Å². The van der Waals surface area contributed by atoms with Crippen LogP contribution >= 0.6 is 11.6 Å². The highest BCUT2D eigenvalue weighted by Crippen LogP contribution is 2.03. The Kier molecular flexibility index (Phi) is 5.71. The minimum Gasteiger partial charge on any atom is -0.338 e. The molecule has 0 aliphatic heterocycles. The van der Waals surface area contributed by atoms with Crippen LogP contribution < -0.4 is 10.6 Å². The van der Waals surface area contributed by atoms with E-state index < -0.39 is 0 Å². The molecule has 0 saturated heterocycles. The van der Waals surface area contributed by atoms with Gasteiger partial charge in [-0.05, 0) is 6.42 Å². The Balaban J connectivity index is 2.08. The lowest BCUT2D eigenvalue weighted by Crippen LogP contribution is -2.37. The molecule has 90 valence electrons.